The fourth-order valence-corrected chi connectivity index (χ4v) is 1.24. The van der Waals surface area contributed by atoms with Crippen LogP contribution in [0.2, 0.25) is 0 Å². The first kappa shape index (κ1) is 11.1. The largest absolute Gasteiger partial charge is 0.329 e. The van der Waals surface area contributed by atoms with Crippen LogP contribution in [-0.2, 0) is 0 Å². The molecule has 0 spiro atoms. The molecule has 2 nitrogen and oxygen atoms in total. The lowest BCUT2D eigenvalue weighted by Gasteiger charge is -2.13. The van der Waals surface area contributed by atoms with E-state index in [1.807, 2.05) is 6.92 Å². The zero-order valence-corrected chi connectivity index (χ0v) is 8.06. The Labute approximate surface area is 82.1 Å². The van der Waals surface area contributed by atoms with Gasteiger partial charge in [0.05, 0.1) is 0 Å². The van der Waals surface area contributed by atoms with Gasteiger partial charge in [-0.25, -0.2) is 8.78 Å². The van der Waals surface area contributed by atoms with Crippen molar-refractivity contribution in [1.29, 1.82) is 0 Å². The molecule has 1 atom stereocenters. The minimum absolute atomic E-state index is 0.0938. The summed E-state index contributed by atoms with van der Waals surface area (Å²) in [5, 5.41) is 3.04. The fourth-order valence-electron chi connectivity index (χ4n) is 1.24. The van der Waals surface area contributed by atoms with Gasteiger partial charge in [-0.2, -0.15) is 0 Å². The average molecular weight is 200 g/mol. The highest BCUT2D eigenvalue weighted by Crippen LogP contribution is 2.15. The average Bonchev–Trinajstić information content (AvgIpc) is 2.12. The molecular weight excluding hydrogens is 186 g/mol. The Bertz CT molecular complexity index is 282. The molecule has 0 fully saturated rings. The van der Waals surface area contributed by atoms with Gasteiger partial charge in [-0.3, -0.25) is 0 Å². The van der Waals surface area contributed by atoms with Crippen LogP contribution in [-0.4, -0.2) is 13.1 Å². The van der Waals surface area contributed by atoms with Gasteiger partial charge in [0.25, 0.3) is 0 Å². The third-order valence-corrected chi connectivity index (χ3v) is 1.98. The smallest absolute Gasteiger partial charge is 0.126 e. The molecule has 0 aliphatic carbocycles. The Morgan fingerprint density at radius 3 is 2.36 bits per heavy atom. The number of rotatable bonds is 4. The third kappa shape index (κ3) is 3.05. The van der Waals surface area contributed by atoms with Gasteiger partial charge in [0.15, 0.2) is 0 Å². The molecule has 3 N–H and O–H groups in total. The number of halogens is 2. The Balaban J connectivity index is 2.73. The summed E-state index contributed by atoms with van der Waals surface area (Å²) in [7, 11) is 0. The maximum Gasteiger partial charge on any atom is 0.126 e. The number of nitrogens with two attached hydrogens (primary N) is 1. The predicted molar refractivity (Wildman–Crippen MR) is 51.8 cm³/mol. The van der Waals surface area contributed by atoms with E-state index in [1.165, 1.54) is 12.1 Å². The Morgan fingerprint density at radius 2 is 1.86 bits per heavy atom. The first-order valence-corrected chi connectivity index (χ1v) is 4.53. The van der Waals surface area contributed by atoms with E-state index in [9.17, 15) is 8.78 Å². The molecular formula is C10H14F2N2. The molecule has 14 heavy (non-hydrogen) atoms. The van der Waals surface area contributed by atoms with Gasteiger partial charge in [-0.05, 0) is 24.6 Å². The number of benzene rings is 1. The fraction of sp³-hybridized carbons (Fsp3) is 0.400. The Morgan fingerprint density at radius 1 is 1.29 bits per heavy atom. The molecule has 0 amide bonds. The monoisotopic (exact) mass is 200 g/mol. The van der Waals surface area contributed by atoms with Crippen LogP contribution in [0.3, 0.4) is 0 Å². The van der Waals surface area contributed by atoms with Gasteiger partial charge >= 0.3 is 0 Å². The Kier molecular flexibility index (Phi) is 3.98. The summed E-state index contributed by atoms with van der Waals surface area (Å²) in [6.07, 6.45) is 0. The SMILES string of the molecule is CC(NCCN)c1cc(F)cc(F)c1. The van der Waals surface area contributed by atoms with Crippen LogP contribution in [0.4, 0.5) is 8.78 Å². The quantitative estimate of drug-likeness (QED) is 0.774. The molecule has 1 aromatic rings. The van der Waals surface area contributed by atoms with Gasteiger partial charge in [-0.1, -0.05) is 0 Å². The lowest BCUT2D eigenvalue weighted by atomic mass is 10.1. The van der Waals surface area contributed by atoms with E-state index < -0.39 is 11.6 Å². The molecule has 1 unspecified atom stereocenters. The molecule has 0 aromatic heterocycles. The van der Waals surface area contributed by atoms with Gasteiger partial charge in [0.2, 0.25) is 0 Å². The van der Waals surface area contributed by atoms with Crippen molar-refractivity contribution in [3.63, 3.8) is 0 Å². The van der Waals surface area contributed by atoms with Gasteiger partial charge in [0, 0.05) is 25.2 Å². The highest BCUT2D eigenvalue weighted by atomic mass is 19.1. The first-order valence-electron chi connectivity index (χ1n) is 4.53. The molecule has 0 heterocycles. The summed E-state index contributed by atoms with van der Waals surface area (Å²) < 4.78 is 25.6. The highest BCUT2D eigenvalue weighted by molar-refractivity contribution is 5.20. The summed E-state index contributed by atoms with van der Waals surface area (Å²) in [6, 6.07) is 3.40. The molecule has 1 aromatic carbocycles. The van der Waals surface area contributed by atoms with Crippen LogP contribution in [0.15, 0.2) is 18.2 Å². The van der Waals surface area contributed by atoms with Gasteiger partial charge in [0.1, 0.15) is 11.6 Å². The van der Waals surface area contributed by atoms with Gasteiger partial charge in [-0.15, -0.1) is 0 Å². The van der Waals surface area contributed by atoms with E-state index in [4.69, 9.17) is 5.73 Å². The van der Waals surface area contributed by atoms with Crippen LogP contribution in [0, 0.1) is 11.6 Å². The van der Waals surface area contributed by atoms with Crippen LogP contribution in [0.5, 0.6) is 0 Å². The van der Waals surface area contributed by atoms with E-state index >= 15 is 0 Å². The van der Waals surface area contributed by atoms with Crippen molar-refractivity contribution in [1.82, 2.24) is 5.32 Å². The second-order valence-electron chi connectivity index (χ2n) is 3.17. The molecule has 0 saturated heterocycles. The van der Waals surface area contributed by atoms with Crippen molar-refractivity contribution in [2.24, 2.45) is 5.73 Å². The second-order valence-corrected chi connectivity index (χ2v) is 3.17. The van der Waals surface area contributed by atoms with E-state index in [0.29, 0.717) is 18.7 Å². The standard InChI is InChI=1S/C10H14F2N2/c1-7(14-3-2-13)8-4-9(11)6-10(12)5-8/h4-7,14H,2-3,13H2,1H3. The van der Waals surface area contributed by atoms with E-state index in [1.54, 1.807) is 0 Å². The molecule has 1 rings (SSSR count). The molecule has 0 aliphatic rings. The van der Waals surface area contributed by atoms with Crippen LogP contribution in [0.1, 0.15) is 18.5 Å². The van der Waals surface area contributed by atoms with E-state index in [-0.39, 0.29) is 6.04 Å². The lowest BCUT2D eigenvalue weighted by molar-refractivity contribution is 0.550. The van der Waals surface area contributed by atoms with Gasteiger partial charge < -0.3 is 11.1 Å². The molecule has 0 aliphatic heterocycles. The minimum Gasteiger partial charge on any atom is -0.329 e. The molecule has 4 heteroatoms. The third-order valence-electron chi connectivity index (χ3n) is 1.98. The van der Waals surface area contributed by atoms with Crippen LogP contribution < -0.4 is 11.1 Å². The first-order chi connectivity index (χ1) is 6.63. The number of hydrogen-bond donors (Lipinski definition) is 2. The topological polar surface area (TPSA) is 38.0 Å². The molecule has 78 valence electrons. The number of nitrogens with one attached hydrogen (secondary N) is 1. The maximum atomic E-state index is 12.8. The minimum atomic E-state index is -0.554. The zero-order chi connectivity index (χ0) is 10.6. The molecule has 0 saturated carbocycles. The van der Waals surface area contributed by atoms with Crippen LogP contribution >= 0.6 is 0 Å². The predicted octanol–water partition coefficient (Wildman–Crippen LogP) is 1.57. The van der Waals surface area contributed by atoms with E-state index in [2.05, 4.69) is 5.32 Å². The normalized spacial score (nSPS) is 12.9. The van der Waals surface area contributed by atoms with Crippen molar-refractivity contribution < 1.29 is 8.78 Å². The Hall–Kier alpha value is -1.00. The zero-order valence-electron chi connectivity index (χ0n) is 8.06. The van der Waals surface area contributed by atoms with Crippen molar-refractivity contribution in [3.05, 3.63) is 35.4 Å². The second kappa shape index (κ2) is 5.02. The lowest BCUT2D eigenvalue weighted by Crippen LogP contribution is -2.25. The highest BCUT2D eigenvalue weighted by Gasteiger charge is 2.07. The molecule has 0 radical (unpaired) electrons. The van der Waals surface area contributed by atoms with E-state index in [0.717, 1.165) is 6.07 Å². The van der Waals surface area contributed by atoms with Crippen molar-refractivity contribution in [2.45, 2.75) is 13.0 Å². The maximum absolute atomic E-state index is 12.8. The molecule has 0 bridgehead atoms. The van der Waals surface area contributed by atoms with Crippen molar-refractivity contribution in [3.8, 4) is 0 Å². The van der Waals surface area contributed by atoms with Crippen LogP contribution in [0.25, 0.3) is 0 Å². The van der Waals surface area contributed by atoms with Crippen molar-refractivity contribution >= 4 is 0 Å². The summed E-state index contributed by atoms with van der Waals surface area (Å²) in [4.78, 5) is 0. The summed E-state index contributed by atoms with van der Waals surface area (Å²) in [6.45, 7) is 2.96. The summed E-state index contributed by atoms with van der Waals surface area (Å²) >= 11 is 0. The summed E-state index contributed by atoms with van der Waals surface area (Å²) in [5.41, 5.74) is 5.90. The number of hydrogen-bond acceptors (Lipinski definition) is 2. The van der Waals surface area contributed by atoms with Crippen molar-refractivity contribution in [2.75, 3.05) is 13.1 Å². The summed E-state index contributed by atoms with van der Waals surface area (Å²) in [5.74, 6) is -1.11.